The highest BCUT2D eigenvalue weighted by molar-refractivity contribution is 7.90. The van der Waals surface area contributed by atoms with Crippen molar-refractivity contribution in [2.75, 3.05) is 24.4 Å². The lowest BCUT2D eigenvalue weighted by Crippen LogP contribution is -2.29. The number of anilines is 1. The Morgan fingerprint density at radius 1 is 1.00 bits per heavy atom. The summed E-state index contributed by atoms with van der Waals surface area (Å²) in [6, 6.07) is 6.67. The van der Waals surface area contributed by atoms with Gasteiger partial charge in [0, 0.05) is 12.2 Å². The number of nitrogens with zero attached hydrogens (tertiary/aromatic N) is 1. The number of benzene rings is 1. The first-order valence-electron chi connectivity index (χ1n) is 10.2. The van der Waals surface area contributed by atoms with Crippen LogP contribution < -0.4 is 9.86 Å². The Balaban J connectivity index is 0.00000729. The molecular weight excluding hydrogens is 374 g/mol. The van der Waals surface area contributed by atoms with E-state index in [1.807, 2.05) is 0 Å². The molecule has 0 radical (unpaired) electrons. The SMILES string of the molecule is C.CCCCCCCCCCN(CC)CC(O)c1ccc(NS(N)(=O)=O)cc1. The van der Waals surface area contributed by atoms with E-state index < -0.39 is 16.3 Å². The van der Waals surface area contributed by atoms with Gasteiger partial charge < -0.3 is 10.0 Å². The van der Waals surface area contributed by atoms with Crippen molar-refractivity contribution < 1.29 is 13.5 Å². The van der Waals surface area contributed by atoms with Gasteiger partial charge in [0.2, 0.25) is 0 Å². The van der Waals surface area contributed by atoms with Gasteiger partial charge in [0.25, 0.3) is 10.2 Å². The lowest BCUT2D eigenvalue weighted by atomic mass is 10.1. The molecule has 1 aromatic carbocycles. The first-order chi connectivity index (χ1) is 12.9. The van der Waals surface area contributed by atoms with E-state index in [9.17, 15) is 13.5 Å². The molecule has 164 valence electrons. The number of aliphatic hydroxyl groups is 1. The highest BCUT2D eigenvalue weighted by Crippen LogP contribution is 2.18. The lowest BCUT2D eigenvalue weighted by molar-refractivity contribution is 0.115. The summed E-state index contributed by atoms with van der Waals surface area (Å²) in [5, 5.41) is 15.4. The fraction of sp³-hybridized carbons (Fsp3) is 0.714. The fourth-order valence-corrected chi connectivity index (χ4v) is 3.60. The normalized spacial score (nSPS) is 12.6. The zero-order valence-electron chi connectivity index (χ0n) is 16.9. The summed E-state index contributed by atoms with van der Waals surface area (Å²) in [5.41, 5.74) is 1.16. The van der Waals surface area contributed by atoms with Crippen molar-refractivity contribution in [3.63, 3.8) is 0 Å². The second kappa shape index (κ2) is 14.8. The van der Waals surface area contributed by atoms with Crippen molar-refractivity contribution in [3.8, 4) is 0 Å². The van der Waals surface area contributed by atoms with Crippen LogP contribution >= 0.6 is 0 Å². The van der Waals surface area contributed by atoms with E-state index in [0.717, 1.165) is 25.1 Å². The summed E-state index contributed by atoms with van der Waals surface area (Å²) in [5.74, 6) is 0. The van der Waals surface area contributed by atoms with Crippen molar-refractivity contribution in [2.45, 2.75) is 78.7 Å². The molecule has 1 aromatic rings. The largest absolute Gasteiger partial charge is 0.387 e. The van der Waals surface area contributed by atoms with Gasteiger partial charge in [0.1, 0.15) is 0 Å². The van der Waals surface area contributed by atoms with Gasteiger partial charge in [-0.3, -0.25) is 4.72 Å². The van der Waals surface area contributed by atoms with Crippen LogP contribution in [0.25, 0.3) is 0 Å². The predicted octanol–water partition coefficient (Wildman–Crippen LogP) is 4.43. The van der Waals surface area contributed by atoms with Crippen molar-refractivity contribution in [3.05, 3.63) is 29.8 Å². The summed E-state index contributed by atoms with van der Waals surface area (Å²) in [4.78, 5) is 2.26. The maximum atomic E-state index is 11.0. The Morgan fingerprint density at radius 2 is 1.54 bits per heavy atom. The van der Waals surface area contributed by atoms with E-state index in [1.54, 1.807) is 24.3 Å². The van der Waals surface area contributed by atoms with Gasteiger partial charge >= 0.3 is 0 Å². The number of nitrogens with one attached hydrogen (secondary N) is 1. The van der Waals surface area contributed by atoms with Gasteiger partial charge in [-0.25, -0.2) is 5.14 Å². The molecule has 7 heteroatoms. The Kier molecular flexibility index (Phi) is 14.2. The molecule has 0 aliphatic rings. The van der Waals surface area contributed by atoms with Gasteiger partial charge in [-0.15, -0.1) is 0 Å². The van der Waals surface area contributed by atoms with Gasteiger partial charge in [-0.2, -0.15) is 8.42 Å². The van der Waals surface area contributed by atoms with Crippen molar-refractivity contribution in [1.29, 1.82) is 0 Å². The molecule has 0 aliphatic heterocycles. The third kappa shape index (κ3) is 12.3. The van der Waals surface area contributed by atoms with Gasteiger partial charge in [-0.1, -0.05) is 78.4 Å². The molecule has 1 atom stereocenters. The predicted molar refractivity (Wildman–Crippen MR) is 120 cm³/mol. The average Bonchev–Trinajstić information content (AvgIpc) is 2.62. The van der Waals surface area contributed by atoms with Crippen LogP contribution in [0.1, 0.15) is 84.3 Å². The van der Waals surface area contributed by atoms with Crippen molar-refractivity contribution in [1.82, 2.24) is 4.90 Å². The van der Waals surface area contributed by atoms with Crippen LogP contribution in [0.5, 0.6) is 0 Å². The van der Waals surface area contributed by atoms with E-state index in [2.05, 4.69) is 23.5 Å². The number of rotatable bonds is 15. The van der Waals surface area contributed by atoms with Gasteiger partial charge in [0.05, 0.1) is 6.10 Å². The number of unbranched alkanes of at least 4 members (excludes halogenated alkanes) is 7. The van der Waals surface area contributed by atoms with Crippen LogP contribution in [-0.2, 0) is 10.2 Å². The molecule has 0 aliphatic carbocycles. The molecule has 0 heterocycles. The second-order valence-corrected chi connectivity index (χ2v) is 8.45. The van der Waals surface area contributed by atoms with E-state index in [4.69, 9.17) is 5.14 Å². The summed E-state index contributed by atoms with van der Waals surface area (Å²) in [7, 11) is -3.78. The topological polar surface area (TPSA) is 95.7 Å². The quantitative estimate of drug-likeness (QED) is 0.369. The molecule has 0 bridgehead atoms. The average molecular weight is 416 g/mol. The van der Waals surface area contributed by atoms with Crippen LogP contribution in [0.2, 0.25) is 0 Å². The molecule has 28 heavy (non-hydrogen) atoms. The minimum absolute atomic E-state index is 0. The molecule has 1 unspecified atom stereocenters. The lowest BCUT2D eigenvalue weighted by Gasteiger charge is -2.24. The van der Waals surface area contributed by atoms with E-state index in [1.165, 1.54) is 44.9 Å². The summed E-state index contributed by atoms with van der Waals surface area (Å²) >= 11 is 0. The highest BCUT2D eigenvalue weighted by atomic mass is 32.2. The number of hydrogen-bond donors (Lipinski definition) is 3. The molecule has 0 fully saturated rings. The molecule has 0 saturated carbocycles. The Morgan fingerprint density at radius 3 is 2.04 bits per heavy atom. The summed E-state index contributed by atoms with van der Waals surface area (Å²) in [6.07, 6.45) is 9.77. The molecule has 0 spiro atoms. The Labute approximate surface area is 172 Å². The standard InChI is InChI=1S/C20H37N3O3S.CH4/c1-3-5-6-7-8-9-10-11-16-23(4-2)17-20(24)18-12-14-19(15-13-18)22-27(21,25)26;/h12-15,20,22,24H,3-11,16-17H2,1-2H3,(H2,21,25,26);1H4. The van der Waals surface area contributed by atoms with Gasteiger partial charge in [-0.05, 0) is 37.2 Å². The number of aliphatic hydroxyl groups excluding tert-OH is 1. The monoisotopic (exact) mass is 415 g/mol. The number of hydrogen-bond acceptors (Lipinski definition) is 4. The van der Waals surface area contributed by atoms with Crippen LogP contribution in [0.15, 0.2) is 24.3 Å². The Hall–Kier alpha value is -1.15. The van der Waals surface area contributed by atoms with Crippen LogP contribution in [0.3, 0.4) is 0 Å². The van der Waals surface area contributed by atoms with E-state index in [0.29, 0.717) is 12.2 Å². The second-order valence-electron chi connectivity index (χ2n) is 7.15. The molecule has 1 rings (SSSR count). The van der Waals surface area contributed by atoms with Crippen molar-refractivity contribution >= 4 is 15.9 Å². The van der Waals surface area contributed by atoms with Crippen LogP contribution in [0, 0.1) is 0 Å². The summed E-state index contributed by atoms with van der Waals surface area (Å²) in [6.45, 7) is 6.82. The third-order valence-corrected chi connectivity index (χ3v) is 5.28. The molecule has 0 amide bonds. The zero-order chi connectivity index (χ0) is 20.1. The first-order valence-corrected chi connectivity index (χ1v) is 11.7. The molecule has 0 aromatic heterocycles. The third-order valence-electron chi connectivity index (χ3n) is 4.76. The maximum absolute atomic E-state index is 11.0. The van der Waals surface area contributed by atoms with Crippen LogP contribution in [-0.4, -0.2) is 38.1 Å². The van der Waals surface area contributed by atoms with E-state index in [-0.39, 0.29) is 7.43 Å². The minimum atomic E-state index is -3.78. The van der Waals surface area contributed by atoms with Crippen LogP contribution in [0.4, 0.5) is 5.69 Å². The summed E-state index contributed by atoms with van der Waals surface area (Å²) < 4.78 is 24.3. The maximum Gasteiger partial charge on any atom is 0.296 e. The highest BCUT2D eigenvalue weighted by Gasteiger charge is 2.13. The number of likely N-dealkylation sites (N-methyl/N-ethyl adjacent to an activating group) is 1. The smallest absolute Gasteiger partial charge is 0.296 e. The Bertz CT molecular complexity index is 606. The molecule has 0 saturated heterocycles. The number of nitrogens with two attached hydrogens (primary N) is 1. The van der Waals surface area contributed by atoms with Gasteiger partial charge in [0.15, 0.2) is 0 Å². The zero-order valence-corrected chi connectivity index (χ0v) is 17.7. The van der Waals surface area contributed by atoms with E-state index >= 15 is 0 Å². The van der Waals surface area contributed by atoms with Crippen molar-refractivity contribution in [2.24, 2.45) is 5.14 Å². The fourth-order valence-electron chi connectivity index (χ4n) is 3.14. The molecule has 6 nitrogen and oxygen atoms in total. The molecule has 4 N–H and O–H groups in total. The molecular formula is C21H41N3O3S. The minimum Gasteiger partial charge on any atom is -0.387 e. The first kappa shape index (κ1) is 26.9.